The molecule has 160 valence electrons. The van der Waals surface area contributed by atoms with Crippen molar-refractivity contribution in [3.63, 3.8) is 0 Å². The monoisotopic (exact) mass is 499 g/mol. The zero-order valence-corrected chi connectivity index (χ0v) is 19.7. The molecule has 0 saturated carbocycles. The second-order valence-electron chi connectivity index (χ2n) is 7.95. The maximum atomic E-state index is 13.4. The van der Waals surface area contributed by atoms with Gasteiger partial charge in [0.2, 0.25) is 0 Å². The minimum Gasteiger partial charge on any atom is -0.465 e. The lowest BCUT2D eigenvalue weighted by atomic mass is 9.69. The lowest BCUT2D eigenvalue weighted by Crippen LogP contribution is -2.38. The fourth-order valence-electron chi connectivity index (χ4n) is 4.60. The van der Waals surface area contributed by atoms with Gasteiger partial charge in [0.05, 0.1) is 6.61 Å². The van der Waals surface area contributed by atoms with Gasteiger partial charge >= 0.3 is 5.97 Å². The van der Waals surface area contributed by atoms with Crippen molar-refractivity contribution in [2.75, 3.05) is 6.61 Å². The molecule has 4 nitrogen and oxygen atoms in total. The van der Waals surface area contributed by atoms with Gasteiger partial charge in [0.15, 0.2) is 5.78 Å². The van der Waals surface area contributed by atoms with Crippen LogP contribution in [0.4, 0.5) is 0 Å². The minimum absolute atomic E-state index is 0.0414. The SMILES string of the molecule is CCOC(=O)C1C(C)=NC2=C(C(=O)C[C@@H](c3ccc(Cl)cc3)C2)[C@@H]1c1ccc(Br)cc1. The van der Waals surface area contributed by atoms with E-state index in [-0.39, 0.29) is 24.3 Å². The molecule has 1 heterocycles. The van der Waals surface area contributed by atoms with Crippen molar-refractivity contribution in [1.29, 1.82) is 0 Å². The summed E-state index contributed by atoms with van der Waals surface area (Å²) in [5.41, 5.74) is 4.11. The number of nitrogens with zero attached hydrogens (tertiary/aromatic N) is 1. The number of carbonyl (C=O) groups excluding carboxylic acids is 2. The summed E-state index contributed by atoms with van der Waals surface area (Å²) in [6.45, 7) is 3.93. The standard InChI is InChI=1S/C25H23BrClNO3/c1-3-31-25(30)22-14(2)28-20-12-17(15-6-10-19(27)11-7-15)13-21(29)24(20)23(22)16-4-8-18(26)9-5-16/h4-11,17,22-23H,3,12-13H2,1-2H3/t17-,22?,23+/m0/s1. The first-order chi connectivity index (χ1) is 14.9. The Morgan fingerprint density at radius 2 is 1.74 bits per heavy atom. The maximum absolute atomic E-state index is 13.4. The highest BCUT2D eigenvalue weighted by molar-refractivity contribution is 9.10. The minimum atomic E-state index is -0.601. The molecule has 1 aliphatic carbocycles. The second kappa shape index (κ2) is 9.09. The van der Waals surface area contributed by atoms with Crippen LogP contribution in [0.5, 0.6) is 0 Å². The smallest absolute Gasteiger partial charge is 0.315 e. The molecule has 31 heavy (non-hydrogen) atoms. The van der Waals surface area contributed by atoms with Crippen LogP contribution in [0.3, 0.4) is 0 Å². The molecule has 0 amide bonds. The summed E-state index contributed by atoms with van der Waals surface area (Å²) in [6, 6.07) is 15.4. The number of benzene rings is 2. The van der Waals surface area contributed by atoms with E-state index >= 15 is 0 Å². The quantitative estimate of drug-likeness (QED) is 0.467. The Morgan fingerprint density at radius 1 is 1.10 bits per heavy atom. The Balaban J connectivity index is 1.78. The highest BCUT2D eigenvalue weighted by Gasteiger charge is 2.44. The third-order valence-electron chi connectivity index (χ3n) is 6.00. The molecular weight excluding hydrogens is 478 g/mol. The topological polar surface area (TPSA) is 55.7 Å². The molecule has 0 spiro atoms. The molecule has 0 N–H and O–H groups in total. The fourth-order valence-corrected chi connectivity index (χ4v) is 4.99. The summed E-state index contributed by atoms with van der Waals surface area (Å²) in [7, 11) is 0. The molecule has 0 fully saturated rings. The molecule has 0 radical (unpaired) electrons. The highest BCUT2D eigenvalue weighted by atomic mass is 79.9. The van der Waals surface area contributed by atoms with E-state index in [4.69, 9.17) is 21.3 Å². The third kappa shape index (κ3) is 4.39. The highest BCUT2D eigenvalue weighted by Crippen LogP contribution is 2.47. The number of carbonyl (C=O) groups is 2. The zero-order chi connectivity index (χ0) is 22.1. The molecule has 0 aromatic heterocycles. The van der Waals surface area contributed by atoms with Gasteiger partial charge in [-0.1, -0.05) is 51.8 Å². The van der Waals surface area contributed by atoms with E-state index in [0.29, 0.717) is 29.1 Å². The largest absolute Gasteiger partial charge is 0.465 e. The Morgan fingerprint density at radius 3 is 2.39 bits per heavy atom. The van der Waals surface area contributed by atoms with E-state index in [1.54, 1.807) is 6.92 Å². The van der Waals surface area contributed by atoms with Crippen LogP contribution in [0.15, 0.2) is 69.3 Å². The third-order valence-corrected chi connectivity index (χ3v) is 6.78. The number of Topliss-reactive ketones (excluding diaryl/α,β-unsaturated/α-hetero) is 1. The number of ketones is 1. The van der Waals surface area contributed by atoms with Crippen LogP contribution in [0.25, 0.3) is 0 Å². The Hall–Kier alpha value is -2.24. The molecule has 6 heteroatoms. The van der Waals surface area contributed by atoms with Gasteiger partial charge in [-0.05, 0) is 61.6 Å². The van der Waals surface area contributed by atoms with Crippen molar-refractivity contribution in [1.82, 2.24) is 0 Å². The van der Waals surface area contributed by atoms with Gasteiger partial charge in [-0.25, -0.2) is 0 Å². The number of ether oxygens (including phenoxy) is 1. The summed E-state index contributed by atoms with van der Waals surface area (Å²) in [5, 5.41) is 0.671. The van der Waals surface area contributed by atoms with Crippen molar-refractivity contribution < 1.29 is 14.3 Å². The molecule has 2 aliphatic rings. The first kappa shape index (κ1) is 22.0. The number of hydrogen-bond acceptors (Lipinski definition) is 4. The Labute approximate surface area is 195 Å². The van der Waals surface area contributed by atoms with Gasteiger partial charge < -0.3 is 4.74 Å². The number of rotatable bonds is 4. The molecule has 1 aliphatic heterocycles. The van der Waals surface area contributed by atoms with Crippen LogP contribution in [-0.4, -0.2) is 24.1 Å². The van der Waals surface area contributed by atoms with Crippen LogP contribution < -0.4 is 0 Å². The van der Waals surface area contributed by atoms with Crippen molar-refractivity contribution >= 4 is 45.0 Å². The molecule has 0 saturated heterocycles. The van der Waals surface area contributed by atoms with E-state index in [1.807, 2.05) is 55.5 Å². The first-order valence-electron chi connectivity index (χ1n) is 10.4. The summed E-state index contributed by atoms with van der Waals surface area (Å²) in [4.78, 5) is 31.1. The van der Waals surface area contributed by atoms with E-state index in [1.165, 1.54) is 0 Å². The molecule has 2 aromatic rings. The van der Waals surface area contributed by atoms with Crippen molar-refractivity contribution in [2.45, 2.75) is 38.5 Å². The molecule has 0 bridgehead atoms. The van der Waals surface area contributed by atoms with E-state index < -0.39 is 11.8 Å². The molecule has 1 unspecified atom stereocenters. The van der Waals surface area contributed by atoms with Crippen LogP contribution in [0, 0.1) is 5.92 Å². The number of allylic oxidation sites excluding steroid dienone is 2. The van der Waals surface area contributed by atoms with Crippen LogP contribution in [-0.2, 0) is 14.3 Å². The lowest BCUT2D eigenvalue weighted by molar-refractivity contribution is -0.146. The van der Waals surface area contributed by atoms with Crippen LogP contribution >= 0.6 is 27.5 Å². The molecular formula is C25H23BrClNO3. The molecule has 4 rings (SSSR count). The first-order valence-corrected chi connectivity index (χ1v) is 11.5. The van der Waals surface area contributed by atoms with E-state index in [9.17, 15) is 9.59 Å². The Bertz CT molecular complexity index is 1070. The maximum Gasteiger partial charge on any atom is 0.315 e. The van der Waals surface area contributed by atoms with Crippen molar-refractivity contribution in [2.24, 2.45) is 10.9 Å². The van der Waals surface area contributed by atoms with Gasteiger partial charge in [-0.15, -0.1) is 0 Å². The predicted octanol–water partition coefficient (Wildman–Crippen LogP) is 6.24. The summed E-state index contributed by atoms with van der Waals surface area (Å²) in [5.74, 6) is -1.24. The van der Waals surface area contributed by atoms with E-state index in [2.05, 4.69) is 15.9 Å². The number of aliphatic imine (C=N–C) groups is 1. The number of hydrogen-bond donors (Lipinski definition) is 0. The van der Waals surface area contributed by atoms with Gasteiger partial charge in [0, 0.05) is 38.8 Å². The number of halogens is 2. The van der Waals surface area contributed by atoms with Gasteiger partial charge in [0.1, 0.15) is 5.92 Å². The summed E-state index contributed by atoms with van der Waals surface area (Å²) < 4.78 is 6.31. The summed E-state index contributed by atoms with van der Waals surface area (Å²) in [6.07, 6.45) is 1.04. The van der Waals surface area contributed by atoms with Crippen molar-refractivity contribution in [3.05, 3.63) is 80.4 Å². The van der Waals surface area contributed by atoms with Gasteiger partial charge in [0.25, 0.3) is 0 Å². The second-order valence-corrected chi connectivity index (χ2v) is 9.30. The van der Waals surface area contributed by atoms with Gasteiger partial charge in [-0.3, -0.25) is 14.6 Å². The molecule has 2 aromatic carbocycles. The zero-order valence-electron chi connectivity index (χ0n) is 17.4. The Kier molecular flexibility index (Phi) is 6.44. The summed E-state index contributed by atoms with van der Waals surface area (Å²) >= 11 is 9.50. The predicted molar refractivity (Wildman–Crippen MR) is 126 cm³/mol. The van der Waals surface area contributed by atoms with Crippen molar-refractivity contribution in [3.8, 4) is 0 Å². The van der Waals surface area contributed by atoms with Crippen LogP contribution in [0.1, 0.15) is 49.7 Å². The molecule has 3 atom stereocenters. The van der Waals surface area contributed by atoms with E-state index in [0.717, 1.165) is 21.3 Å². The average Bonchev–Trinajstić information content (AvgIpc) is 2.74. The fraction of sp³-hybridized carbons (Fsp3) is 0.320. The van der Waals surface area contributed by atoms with Crippen LogP contribution in [0.2, 0.25) is 5.02 Å². The number of esters is 1. The van der Waals surface area contributed by atoms with Gasteiger partial charge in [-0.2, -0.15) is 0 Å². The normalized spacial score (nSPS) is 23.3. The lowest BCUT2D eigenvalue weighted by Gasteiger charge is -2.36. The average molecular weight is 501 g/mol.